The minimum atomic E-state index is 0.403. The molecule has 122 valence electrons. The third-order valence-electron chi connectivity index (χ3n) is 7.78. The van der Waals surface area contributed by atoms with Gasteiger partial charge in [-0.05, 0) is 74.3 Å². The molecule has 3 atom stereocenters. The molecule has 2 heteroatoms. The topological polar surface area (TPSA) is 29.3 Å². The maximum absolute atomic E-state index is 6.31. The fraction of sp³-hybridized carbons (Fsp3) is 1.00. The molecule has 1 heterocycles. The Morgan fingerprint density at radius 1 is 1.00 bits per heavy atom. The summed E-state index contributed by atoms with van der Waals surface area (Å²) in [6, 6.07) is 0.416. The Kier molecular flexibility index (Phi) is 4.40. The summed E-state index contributed by atoms with van der Waals surface area (Å²) in [6.07, 6.45) is 11.5. The van der Waals surface area contributed by atoms with E-state index in [1.54, 1.807) is 0 Å². The van der Waals surface area contributed by atoms with Gasteiger partial charge >= 0.3 is 0 Å². The van der Waals surface area contributed by atoms with Crippen molar-refractivity contribution in [3.63, 3.8) is 0 Å². The Balaban J connectivity index is 1.55. The van der Waals surface area contributed by atoms with Crippen molar-refractivity contribution in [2.45, 2.75) is 78.2 Å². The summed E-state index contributed by atoms with van der Waals surface area (Å²) in [7, 11) is 0. The van der Waals surface area contributed by atoms with Crippen molar-refractivity contribution in [2.24, 2.45) is 28.4 Å². The summed E-state index contributed by atoms with van der Waals surface area (Å²) in [5, 5.41) is 0. The standard InChI is InChI=1S/C19H36N2/c1-15-17(20)7-6-16(18(15,2)3)14-21-12-10-19(11-13-21)8-4-5-9-19/h15-17H,4-14,20H2,1-3H3. The number of nitrogens with zero attached hydrogens (tertiary/aromatic N) is 1. The van der Waals surface area contributed by atoms with Gasteiger partial charge in [0.15, 0.2) is 0 Å². The number of rotatable bonds is 2. The average molecular weight is 293 g/mol. The van der Waals surface area contributed by atoms with Gasteiger partial charge in [-0.15, -0.1) is 0 Å². The maximum Gasteiger partial charge on any atom is 0.00698 e. The number of likely N-dealkylation sites (tertiary alicyclic amines) is 1. The van der Waals surface area contributed by atoms with Gasteiger partial charge in [-0.2, -0.15) is 0 Å². The number of nitrogens with two attached hydrogens (primary N) is 1. The van der Waals surface area contributed by atoms with Crippen molar-refractivity contribution < 1.29 is 0 Å². The minimum absolute atomic E-state index is 0.403. The summed E-state index contributed by atoms with van der Waals surface area (Å²) in [4.78, 5) is 2.78. The van der Waals surface area contributed by atoms with Crippen LogP contribution in [0.2, 0.25) is 0 Å². The first-order valence-electron chi connectivity index (χ1n) is 9.41. The highest BCUT2D eigenvalue weighted by Gasteiger charge is 2.43. The molecule has 0 amide bonds. The van der Waals surface area contributed by atoms with Crippen LogP contribution in [0.15, 0.2) is 0 Å². The van der Waals surface area contributed by atoms with Crippen molar-refractivity contribution in [1.29, 1.82) is 0 Å². The molecule has 2 nitrogen and oxygen atoms in total. The van der Waals surface area contributed by atoms with Gasteiger partial charge in [0, 0.05) is 12.6 Å². The molecule has 1 spiro atoms. The molecule has 0 aromatic heterocycles. The number of hydrogen-bond acceptors (Lipinski definition) is 2. The van der Waals surface area contributed by atoms with Crippen LogP contribution in [-0.4, -0.2) is 30.6 Å². The van der Waals surface area contributed by atoms with E-state index >= 15 is 0 Å². The van der Waals surface area contributed by atoms with Crippen LogP contribution in [0.5, 0.6) is 0 Å². The van der Waals surface area contributed by atoms with Crippen LogP contribution >= 0.6 is 0 Å². The van der Waals surface area contributed by atoms with Crippen molar-refractivity contribution in [3.05, 3.63) is 0 Å². The van der Waals surface area contributed by atoms with Gasteiger partial charge in [0.1, 0.15) is 0 Å². The van der Waals surface area contributed by atoms with Crippen molar-refractivity contribution in [3.8, 4) is 0 Å². The molecule has 0 aromatic rings. The van der Waals surface area contributed by atoms with E-state index in [-0.39, 0.29) is 0 Å². The quantitative estimate of drug-likeness (QED) is 0.832. The summed E-state index contributed by atoms with van der Waals surface area (Å²) in [5.74, 6) is 1.49. The second kappa shape index (κ2) is 5.85. The largest absolute Gasteiger partial charge is 0.327 e. The van der Waals surface area contributed by atoms with Gasteiger partial charge in [0.2, 0.25) is 0 Å². The summed E-state index contributed by atoms with van der Waals surface area (Å²) in [5.41, 5.74) is 7.48. The maximum atomic E-state index is 6.31. The van der Waals surface area contributed by atoms with E-state index < -0.39 is 0 Å². The van der Waals surface area contributed by atoms with Crippen LogP contribution in [0.4, 0.5) is 0 Å². The second-order valence-electron chi connectivity index (χ2n) is 9.06. The molecule has 0 bridgehead atoms. The van der Waals surface area contributed by atoms with Crippen LogP contribution in [0.3, 0.4) is 0 Å². The molecule has 1 saturated heterocycles. The Bertz CT molecular complexity index is 347. The lowest BCUT2D eigenvalue weighted by Crippen LogP contribution is -2.51. The first-order valence-corrected chi connectivity index (χ1v) is 9.41. The van der Waals surface area contributed by atoms with Crippen LogP contribution in [-0.2, 0) is 0 Å². The lowest BCUT2D eigenvalue weighted by Gasteiger charge is -2.49. The lowest BCUT2D eigenvalue weighted by molar-refractivity contribution is 0.0115. The fourth-order valence-corrected chi connectivity index (χ4v) is 5.41. The zero-order chi connectivity index (χ0) is 15.1. The zero-order valence-electron chi connectivity index (χ0n) is 14.5. The molecule has 3 fully saturated rings. The van der Waals surface area contributed by atoms with Crippen molar-refractivity contribution in [1.82, 2.24) is 4.90 Å². The molecule has 3 rings (SSSR count). The predicted octanol–water partition coefficient (Wildman–Crippen LogP) is 4.04. The van der Waals surface area contributed by atoms with E-state index in [2.05, 4.69) is 25.7 Å². The lowest BCUT2D eigenvalue weighted by atomic mass is 9.61. The van der Waals surface area contributed by atoms with Gasteiger partial charge in [0.25, 0.3) is 0 Å². The van der Waals surface area contributed by atoms with Crippen molar-refractivity contribution in [2.75, 3.05) is 19.6 Å². The monoisotopic (exact) mass is 292 g/mol. The van der Waals surface area contributed by atoms with Gasteiger partial charge in [-0.25, -0.2) is 0 Å². The van der Waals surface area contributed by atoms with Crippen LogP contribution < -0.4 is 5.73 Å². The molecular weight excluding hydrogens is 256 g/mol. The Labute approximate surface area is 131 Å². The molecule has 2 saturated carbocycles. The molecule has 3 unspecified atom stereocenters. The normalized spacial score (nSPS) is 39.7. The SMILES string of the molecule is CC1C(N)CCC(CN2CCC3(CCCC3)CC2)C1(C)C. The molecule has 21 heavy (non-hydrogen) atoms. The average Bonchev–Trinajstić information content (AvgIpc) is 2.91. The van der Waals surface area contributed by atoms with E-state index in [0.29, 0.717) is 17.4 Å². The van der Waals surface area contributed by atoms with Crippen molar-refractivity contribution >= 4 is 0 Å². The first kappa shape index (κ1) is 15.8. The first-order chi connectivity index (χ1) is 9.93. The minimum Gasteiger partial charge on any atom is -0.327 e. The Hall–Kier alpha value is -0.0800. The van der Waals surface area contributed by atoms with E-state index in [9.17, 15) is 0 Å². The van der Waals surface area contributed by atoms with E-state index in [1.807, 2.05) is 0 Å². The third-order valence-corrected chi connectivity index (χ3v) is 7.78. The Morgan fingerprint density at radius 2 is 1.62 bits per heavy atom. The molecule has 2 N–H and O–H groups in total. The van der Waals surface area contributed by atoms with Gasteiger partial charge in [0.05, 0.1) is 0 Å². The smallest absolute Gasteiger partial charge is 0.00698 e. The summed E-state index contributed by atoms with van der Waals surface area (Å²) >= 11 is 0. The van der Waals surface area contributed by atoms with E-state index in [4.69, 9.17) is 5.73 Å². The highest BCUT2D eigenvalue weighted by Crippen LogP contribution is 2.48. The summed E-state index contributed by atoms with van der Waals surface area (Å²) < 4.78 is 0. The number of hydrogen-bond donors (Lipinski definition) is 1. The van der Waals surface area contributed by atoms with Gasteiger partial charge in [-0.3, -0.25) is 0 Å². The van der Waals surface area contributed by atoms with Gasteiger partial charge < -0.3 is 10.6 Å². The molecule has 3 aliphatic rings. The highest BCUT2D eigenvalue weighted by atomic mass is 15.1. The molecule has 2 aliphatic carbocycles. The highest BCUT2D eigenvalue weighted by molar-refractivity contribution is 4.96. The Morgan fingerprint density at radius 3 is 2.24 bits per heavy atom. The molecule has 1 aliphatic heterocycles. The van der Waals surface area contributed by atoms with E-state index in [1.165, 1.54) is 71.0 Å². The summed E-state index contributed by atoms with van der Waals surface area (Å²) in [6.45, 7) is 11.3. The molecular formula is C19H36N2. The zero-order valence-corrected chi connectivity index (χ0v) is 14.5. The molecule has 0 radical (unpaired) electrons. The van der Waals surface area contributed by atoms with Crippen LogP contribution in [0.1, 0.15) is 72.1 Å². The number of piperidine rings is 1. The fourth-order valence-electron chi connectivity index (χ4n) is 5.41. The van der Waals surface area contributed by atoms with Crippen LogP contribution in [0.25, 0.3) is 0 Å². The predicted molar refractivity (Wildman–Crippen MR) is 90.2 cm³/mol. The van der Waals surface area contributed by atoms with Gasteiger partial charge in [-0.1, -0.05) is 33.6 Å². The van der Waals surface area contributed by atoms with Crippen LogP contribution in [0, 0.1) is 22.7 Å². The molecule has 0 aromatic carbocycles. The second-order valence-corrected chi connectivity index (χ2v) is 9.06. The van der Waals surface area contributed by atoms with E-state index in [0.717, 1.165) is 11.3 Å². The third kappa shape index (κ3) is 3.03.